The zero-order valence-electron chi connectivity index (χ0n) is 18.8. The van der Waals surface area contributed by atoms with E-state index in [-0.39, 0.29) is 30.5 Å². The molecule has 0 aliphatic carbocycles. The molecule has 3 saturated heterocycles. The van der Waals surface area contributed by atoms with Crippen LogP contribution in [-0.2, 0) is 24.3 Å². The first-order valence-corrected chi connectivity index (χ1v) is 13.3. The molecule has 5 rings (SSSR count). The van der Waals surface area contributed by atoms with Crippen LogP contribution < -0.4 is 4.90 Å². The number of ether oxygens (including phenoxy) is 2. The Morgan fingerprint density at radius 1 is 1.15 bits per heavy atom. The number of hydrogen-bond acceptors (Lipinski definition) is 8. The number of anilines is 1. The molecule has 4 heterocycles. The summed E-state index contributed by atoms with van der Waals surface area (Å²) in [6, 6.07) is 8.26. The maximum absolute atomic E-state index is 13.4. The standard InChI is InChI=1S/C22H26BrN5O5S/c1-32-15-22-14-27(34(30,31)18-4-2-17(23)3-5-18)12-20(29)28(22)13-21(33-22)7-10-26(11-8-21)19-6-9-24-16-25-19/h2-6,9,16H,7-8,10-15H2,1H3. The lowest BCUT2D eigenvalue weighted by Crippen LogP contribution is -2.65. The first-order valence-electron chi connectivity index (χ1n) is 11.0. The van der Waals surface area contributed by atoms with Crippen molar-refractivity contribution in [1.29, 1.82) is 0 Å². The van der Waals surface area contributed by atoms with Gasteiger partial charge in [0.15, 0.2) is 5.72 Å². The van der Waals surface area contributed by atoms with E-state index in [0.29, 0.717) is 32.5 Å². The smallest absolute Gasteiger partial charge is 0.243 e. The van der Waals surface area contributed by atoms with Crippen molar-refractivity contribution in [3.63, 3.8) is 0 Å². The second-order valence-electron chi connectivity index (χ2n) is 8.93. The van der Waals surface area contributed by atoms with Gasteiger partial charge in [-0.1, -0.05) is 15.9 Å². The van der Waals surface area contributed by atoms with Gasteiger partial charge in [0.25, 0.3) is 0 Å². The number of benzene rings is 1. The first kappa shape index (κ1) is 23.6. The molecule has 34 heavy (non-hydrogen) atoms. The number of piperazine rings is 1. The Balaban J connectivity index is 1.39. The molecule has 1 aromatic carbocycles. The molecule has 12 heteroatoms. The van der Waals surface area contributed by atoms with Gasteiger partial charge in [-0.15, -0.1) is 0 Å². The number of rotatable bonds is 5. The Hall–Kier alpha value is -2.12. The minimum atomic E-state index is -3.89. The molecule has 0 N–H and O–H groups in total. The van der Waals surface area contributed by atoms with Crippen LogP contribution in [0.4, 0.5) is 5.82 Å². The van der Waals surface area contributed by atoms with Crippen LogP contribution in [0.15, 0.2) is 52.2 Å². The predicted molar refractivity (Wildman–Crippen MR) is 127 cm³/mol. The molecule has 1 aromatic heterocycles. The molecule has 10 nitrogen and oxygen atoms in total. The number of halogens is 1. The lowest BCUT2D eigenvalue weighted by Gasteiger charge is -2.44. The Morgan fingerprint density at radius 3 is 2.53 bits per heavy atom. The molecule has 3 fully saturated rings. The summed E-state index contributed by atoms with van der Waals surface area (Å²) in [6.07, 6.45) is 4.61. The largest absolute Gasteiger partial charge is 0.380 e. The van der Waals surface area contributed by atoms with Gasteiger partial charge in [-0.2, -0.15) is 4.31 Å². The van der Waals surface area contributed by atoms with E-state index in [0.717, 1.165) is 10.3 Å². The number of methoxy groups -OCH3 is 1. The molecule has 182 valence electrons. The van der Waals surface area contributed by atoms with Crippen LogP contribution in [0.3, 0.4) is 0 Å². The van der Waals surface area contributed by atoms with Crippen molar-refractivity contribution < 1.29 is 22.7 Å². The highest BCUT2D eigenvalue weighted by molar-refractivity contribution is 9.10. The molecule has 1 spiro atoms. The monoisotopic (exact) mass is 551 g/mol. The highest BCUT2D eigenvalue weighted by atomic mass is 79.9. The number of aromatic nitrogens is 2. The molecule has 0 saturated carbocycles. The lowest BCUT2D eigenvalue weighted by molar-refractivity contribution is -0.194. The number of hydrogen-bond donors (Lipinski definition) is 0. The lowest BCUT2D eigenvalue weighted by atomic mass is 9.91. The fraction of sp³-hybridized carbons (Fsp3) is 0.500. The molecule has 2 aromatic rings. The van der Waals surface area contributed by atoms with E-state index in [4.69, 9.17) is 9.47 Å². The van der Waals surface area contributed by atoms with Gasteiger partial charge in [0.1, 0.15) is 12.1 Å². The number of nitrogens with zero attached hydrogens (tertiary/aromatic N) is 5. The summed E-state index contributed by atoms with van der Waals surface area (Å²) in [4.78, 5) is 25.6. The average molecular weight is 552 g/mol. The Kier molecular flexibility index (Phi) is 6.13. The van der Waals surface area contributed by atoms with Gasteiger partial charge in [0, 0.05) is 30.9 Å². The second-order valence-corrected chi connectivity index (χ2v) is 11.8. The highest BCUT2D eigenvalue weighted by Gasteiger charge is 2.60. The van der Waals surface area contributed by atoms with Gasteiger partial charge < -0.3 is 19.3 Å². The van der Waals surface area contributed by atoms with E-state index in [2.05, 4.69) is 30.8 Å². The fourth-order valence-electron chi connectivity index (χ4n) is 5.10. The molecular formula is C22H26BrN5O5S. The maximum atomic E-state index is 13.4. The van der Waals surface area contributed by atoms with E-state index >= 15 is 0 Å². The minimum absolute atomic E-state index is 0.0162. The van der Waals surface area contributed by atoms with E-state index < -0.39 is 21.3 Å². The summed E-state index contributed by atoms with van der Waals surface area (Å²) in [7, 11) is -2.35. The normalized spacial score (nSPS) is 25.1. The number of carbonyl (C=O) groups excluding carboxylic acids is 1. The summed E-state index contributed by atoms with van der Waals surface area (Å²) < 4.78 is 40.9. The van der Waals surface area contributed by atoms with Gasteiger partial charge >= 0.3 is 0 Å². The van der Waals surface area contributed by atoms with Crippen molar-refractivity contribution in [2.24, 2.45) is 0 Å². The van der Waals surface area contributed by atoms with E-state index in [1.54, 1.807) is 23.2 Å². The van der Waals surface area contributed by atoms with Crippen molar-refractivity contribution in [3.05, 3.63) is 47.3 Å². The third kappa shape index (κ3) is 4.11. The van der Waals surface area contributed by atoms with Crippen LogP contribution in [0.25, 0.3) is 0 Å². The predicted octanol–water partition coefficient (Wildman–Crippen LogP) is 1.48. The first-order chi connectivity index (χ1) is 16.3. The summed E-state index contributed by atoms with van der Waals surface area (Å²) in [5.41, 5.74) is -1.72. The van der Waals surface area contributed by atoms with Crippen LogP contribution in [0, 0.1) is 0 Å². The van der Waals surface area contributed by atoms with Gasteiger partial charge in [-0.3, -0.25) is 4.79 Å². The number of piperidine rings is 1. The van der Waals surface area contributed by atoms with Crippen molar-refractivity contribution in [1.82, 2.24) is 19.2 Å². The molecule has 3 aliphatic heterocycles. The van der Waals surface area contributed by atoms with Crippen LogP contribution in [0.5, 0.6) is 0 Å². The summed E-state index contributed by atoms with van der Waals surface area (Å²) in [6.45, 7) is 1.71. The second kappa shape index (κ2) is 8.83. The maximum Gasteiger partial charge on any atom is 0.243 e. The van der Waals surface area contributed by atoms with Crippen LogP contribution in [0.1, 0.15) is 12.8 Å². The average Bonchev–Trinajstić information content (AvgIpc) is 3.15. The quantitative estimate of drug-likeness (QED) is 0.550. The molecule has 1 amide bonds. The SMILES string of the molecule is COCC12CN(S(=O)(=O)c3ccc(Br)cc3)CC(=O)N1CC1(CCN(c3ccncn3)CC1)O2. The van der Waals surface area contributed by atoms with Gasteiger partial charge in [-0.05, 0) is 43.2 Å². The number of fused-ring (bicyclic) bond motifs is 1. The van der Waals surface area contributed by atoms with Crippen molar-refractivity contribution in [3.8, 4) is 0 Å². The molecule has 1 unspecified atom stereocenters. The zero-order valence-corrected chi connectivity index (χ0v) is 21.2. The summed E-state index contributed by atoms with van der Waals surface area (Å²) >= 11 is 3.33. The van der Waals surface area contributed by atoms with Gasteiger partial charge in [0.2, 0.25) is 15.9 Å². The number of sulfonamides is 1. The Bertz CT molecular complexity index is 1160. The zero-order chi connectivity index (χ0) is 24.0. The third-order valence-electron chi connectivity index (χ3n) is 6.77. The van der Waals surface area contributed by atoms with E-state index in [1.807, 2.05) is 6.07 Å². The topological polar surface area (TPSA) is 105 Å². The third-order valence-corrected chi connectivity index (χ3v) is 9.10. The number of amides is 1. The van der Waals surface area contributed by atoms with Gasteiger partial charge in [-0.25, -0.2) is 18.4 Å². The van der Waals surface area contributed by atoms with Crippen LogP contribution in [0.2, 0.25) is 0 Å². The molecule has 3 aliphatic rings. The molecule has 1 atom stereocenters. The molecular weight excluding hydrogens is 526 g/mol. The summed E-state index contributed by atoms with van der Waals surface area (Å²) in [5, 5.41) is 0. The van der Waals surface area contributed by atoms with E-state index in [1.165, 1.54) is 29.9 Å². The minimum Gasteiger partial charge on any atom is -0.380 e. The Labute approximate surface area is 207 Å². The van der Waals surface area contributed by atoms with Crippen molar-refractivity contribution >= 4 is 37.7 Å². The van der Waals surface area contributed by atoms with Crippen molar-refractivity contribution in [2.75, 3.05) is 51.3 Å². The van der Waals surface area contributed by atoms with Crippen LogP contribution >= 0.6 is 15.9 Å². The van der Waals surface area contributed by atoms with E-state index in [9.17, 15) is 13.2 Å². The Morgan fingerprint density at radius 2 is 1.88 bits per heavy atom. The van der Waals surface area contributed by atoms with Gasteiger partial charge in [0.05, 0.1) is 36.7 Å². The molecule has 0 radical (unpaired) electrons. The van der Waals surface area contributed by atoms with Crippen LogP contribution in [-0.4, -0.2) is 91.3 Å². The molecule has 0 bridgehead atoms. The highest BCUT2D eigenvalue weighted by Crippen LogP contribution is 2.44. The summed E-state index contributed by atoms with van der Waals surface area (Å²) in [5.74, 6) is 0.578. The number of carbonyl (C=O) groups is 1. The van der Waals surface area contributed by atoms with Crippen molar-refractivity contribution in [2.45, 2.75) is 29.1 Å². The fourth-order valence-corrected chi connectivity index (χ4v) is 6.80.